The van der Waals surface area contributed by atoms with Gasteiger partial charge in [-0.15, -0.1) is 0 Å². The van der Waals surface area contributed by atoms with Gasteiger partial charge in [0.05, 0.1) is 5.69 Å². The van der Waals surface area contributed by atoms with Crippen LogP contribution in [0.3, 0.4) is 0 Å². The Morgan fingerprint density at radius 1 is 0.870 bits per heavy atom. The Labute approximate surface area is 136 Å². The average Bonchev–Trinajstić information content (AvgIpc) is 2.56. The molecule has 3 nitrogen and oxygen atoms in total. The molecule has 1 N–H and O–H groups in total. The number of hydrogen-bond donors (Lipinski definition) is 1. The molecule has 0 spiro atoms. The molecule has 0 fully saturated rings. The number of anilines is 2. The molecule has 1 aromatic heterocycles. The van der Waals surface area contributed by atoms with E-state index in [4.69, 9.17) is 0 Å². The normalized spacial score (nSPS) is 10.9. The number of rotatable bonds is 4. The van der Waals surface area contributed by atoms with Crippen LogP contribution < -0.4 is 5.32 Å². The smallest absolute Gasteiger partial charge is 0.227 e. The van der Waals surface area contributed by atoms with Gasteiger partial charge in [0.25, 0.3) is 0 Å². The van der Waals surface area contributed by atoms with Crippen molar-refractivity contribution in [1.82, 2.24) is 9.97 Å². The maximum absolute atomic E-state index is 4.52. The molecule has 2 aromatic carbocycles. The molecule has 3 rings (SSSR count). The van der Waals surface area contributed by atoms with Crippen molar-refractivity contribution in [3.63, 3.8) is 0 Å². The minimum atomic E-state index is 0.597. The third kappa shape index (κ3) is 4.27. The number of benzene rings is 2. The Morgan fingerprint density at radius 3 is 2.48 bits per heavy atom. The Kier molecular flexibility index (Phi) is 4.48. The zero-order valence-electron chi connectivity index (χ0n) is 13.3. The van der Waals surface area contributed by atoms with Crippen LogP contribution in [0.4, 0.5) is 11.6 Å². The monoisotopic (exact) mass is 301 g/mol. The summed E-state index contributed by atoms with van der Waals surface area (Å²) in [7, 11) is 0. The summed E-state index contributed by atoms with van der Waals surface area (Å²) in [5, 5.41) is 3.22. The van der Waals surface area contributed by atoms with Gasteiger partial charge in [-0.25, -0.2) is 9.97 Å². The first-order valence-electron chi connectivity index (χ1n) is 7.60. The van der Waals surface area contributed by atoms with Gasteiger partial charge >= 0.3 is 0 Å². The number of hydrogen-bond acceptors (Lipinski definition) is 3. The Morgan fingerprint density at radius 2 is 1.70 bits per heavy atom. The topological polar surface area (TPSA) is 37.8 Å². The summed E-state index contributed by atoms with van der Waals surface area (Å²) in [5.74, 6) is 0.597. The van der Waals surface area contributed by atoms with Crippen LogP contribution in [0.2, 0.25) is 0 Å². The fraction of sp³-hybridized carbons (Fsp3) is 0.100. The fourth-order valence-corrected chi connectivity index (χ4v) is 2.25. The molecular formula is C20H19N3. The molecule has 3 aromatic rings. The molecular weight excluding hydrogens is 282 g/mol. The first kappa shape index (κ1) is 15.0. The first-order chi connectivity index (χ1) is 11.2. The summed E-state index contributed by atoms with van der Waals surface area (Å²) in [6.07, 6.45) is 5.82. The van der Waals surface area contributed by atoms with E-state index in [2.05, 4.69) is 71.6 Å². The van der Waals surface area contributed by atoms with E-state index in [1.807, 2.05) is 24.3 Å². The maximum atomic E-state index is 4.52. The molecule has 23 heavy (non-hydrogen) atoms. The molecule has 0 atom stereocenters. The van der Waals surface area contributed by atoms with Crippen LogP contribution in [-0.4, -0.2) is 9.97 Å². The van der Waals surface area contributed by atoms with Crippen LogP contribution >= 0.6 is 0 Å². The first-order valence-corrected chi connectivity index (χ1v) is 7.60. The highest BCUT2D eigenvalue weighted by Crippen LogP contribution is 2.14. The summed E-state index contributed by atoms with van der Waals surface area (Å²) in [5.41, 5.74) is 5.49. The van der Waals surface area contributed by atoms with Gasteiger partial charge in [-0.2, -0.15) is 0 Å². The van der Waals surface area contributed by atoms with Crippen LogP contribution in [0.5, 0.6) is 0 Å². The lowest BCUT2D eigenvalue weighted by molar-refractivity contribution is 1.15. The molecule has 0 aliphatic heterocycles. The summed E-state index contributed by atoms with van der Waals surface area (Å²) in [4.78, 5) is 8.79. The van der Waals surface area contributed by atoms with Crippen molar-refractivity contribution >= 4 is 23.8 Å². The highest BCUT2D eigenvalue weighted by molar-refractivity contribution is 5.68. The minimum Gasteiger partial charge on any atom is -0.324 e. The second-order valence-electron chi connectivity index (χ2n) is 5.54. The van der Waals surface area contributed by atoms with Crippen molar-refractivity contribution in [2.75, 3.05) is 5.32 Å². The van der Waals surface area contributed by atoms with Gasteiger partial charge in [0.1, 0.15) is 0 Å². The van der Waals surface area contributed by atoms with Gasteiger partial charge in [0, 0.05) is 11.9 Å². The molecule has 0 amide bonds. The third-order valence-corrected chi connectivity index (χ3v) is 3.47. The van der Waals surface area contributed by atoms with Gasteiger partial charge in [-0.1, -0.05) is 53.6 Å². The van der Waals surface area contributed by atoms with Crippen LogP contribution in [0.25, 0.3) is 12.2 Å². The van der Waals surface area contributed by atoms with Gasteiger partial charge in [-0.05, 0) is 43.7 Å². The van der Waals surface area contributed by atoms with Crippen molar-refractivity contribution in [3.05, 3.63) is 83.2 Å². The lowest BCUT2D eigenvalue weighted by Crippen LogP contribution is -1.97. The highest BCUT2D eigenvalue weighted by Gasteiger charge is 1.98. The summed E-state index contributed by atoms with van der Waals surface area (Å²) in [6, 6.07) is 18.4. The van der Waals surface area contributed by atoms with Crippen LogP contribution in [-0.2, 0) is 0 Å². The van der Waals surface area contributed by atoms with Crippen LogP contribution in [0, 0.1) is 13.8 Å². The molecule has 3 heteroatoms. The average molecular weight is 301 g/mol. The van der Waals surface area contributed by atoms with Crippen molar-refractivity contribution in [2.24, 2.45) is 0 Å². The lowest BCUT2D eigenvalue weighted by Gasteiger charge is -2.05. The molecule has 0 saturated carbocycles. The Bertz CT molecular complexity index is 820. The van der Waals surface area contributed by atoms with E-state index >= 15 is 0 Å². The third-order valence-electron chi connectivity index (χ3n) is 3.47. The van der Waals surface area contributed by atoms with Gasteiger partial charge in [-0.3, -0.25) is 0 Å². The van der Waals surface area contributed by atoms with E-state index in [1.54, 1.807) is 6.20 Å². The second kappa shape index (κ2) is 6.88. The molecule has 0 aliphatic carbocycles. The van der Waals surface area contributed by atoms with E-state index in [0.29, 0.717) is 5.95 Å². The molecule has 1 heterocycles. The number of aromatic nitrogens is 2. The predicted molar refractivity (Wildman–Crippen MR) is 96.6 cm³/mol. The van der Waals surface area contributed by atoms with Crippen LogP contribution in [0.1, 0.15) is 22.4 Å². The maximum Gasteiger partial charge on any atom is 0.227 e. The molecule has 114 valence electrons. The minimum absolute atomic E-state index is 0.597. The van der Waals surface area contributed by atoms with Crippen molar-refractivity contribution in [2.45, 2.75) is 13.8 Å². The van der Waals surface area contributed by atoms with E-state index in [9.17, 15) is 0 Å². The van der Waals surface area contributed by atoms with Gasteiger partial charge < -0.3 is 5.32 Å². The standard InChI is InChI=1S/C20H19N3/c1-15-6-9-18(10-7-15)22-20-21-13-12-19(23-20)11-8-17-5-3-4-16(2)14-17/h3-14H,1-2H3,(H,21,22,23)/b11-8+. The van der Waals surface area contributed by atoms with E-state index in [1.165, 1.54) is 11.1 Å². The summed E-state index contributed by atoms with van der Waals surface area (Å²) >= 11 is 0. The number of nitrogens with one attached hydrogen (secondary N) is 1. The molecule has 0 aliphatic rings. The van der Waals surface area contributed by atoms with E-state index in [-0.39, 0.29) is 0 Å². The zero-order valence-corrected chi connectivity index (χ0v) is 13.3. The van der Waals surface area contributed by atoms with Gasteiger partial charge in [0.2, 0.25) is 5.95 Å². The molecule has 0 bridgehead atoms. The summed E-state index contributed by atoms with van der Waals surface area (Å²) < 4.78 is 0. The number of nitrogens with zero attached hydrogens (tertiary/aromatic N) is 2. The quantitative estimate of drug-likeness (QED) is 0.736. The van der Waals surface area contributed by atoms with Gasteiger partial charge in [0.15, 0.2) is 0 Å². The van der Waals surface area contributed by atoms with Crippen molar-refractivity contribution < 1.29 is 0 Å². The van der Waals surface area contributed by atoms with Crippen molar-refractivity contribution in [3.8, 4) is 0 Å². The zero-order chi connectivity index (χ0) is 16.1. The Hall–Kier alpha value is -2.94. The largest absolute Gasteiger partial charge is 0.324 e. The summed E-state index contributed by atoms with van der Waals surface area (Å²) in [6.45, 7) is 4.16. The van der Waals surface area contributed by atoms with Crippen LogP contribution in [0.15, 0.2) is 60.8 Å². The lowest BCUT2D eigenvalue weighted by atomic mass is 10.1. The number of aryl methyl sites for hydroxylation is 2. The molecule has 0 saturated heterocycles. The second-order valence-corrected chi connectivity index (χ2v) is 5.54. The Balaban J connectivity index is 1.75. The predicted octanol–water partition coefficient (Wildman–Crippen LogP) is 5.01. The SMILES string of the molecule is Cc1ccc(Nc2nccc(/C=C/c3cccc(C)c3)n2)cc1. The molecule has 0 unspecified atom stereocenters. The van der Waals surface area contributed by atoms with E-state index in [0.717, 1.165) is 16.9 Å². The highest BCUT2D eigenvalue weighted by atomic mass is 15.1. The molecule has 0 radical (unpaired) electrons. The fourth-order valence-electron chi connectivity index (χ4n) is 2.25. The van der Waals surface area contributed by atoms with E-state index < -0.39 is 0 Å². The van der Waals surface area contributed by atoms with Crippen molar-refractivity contribution in [1.29, 1.82) is 0 Å².